The van der Waals surface area contributed by atoms with Gasteiger partial charge in [-0.2, -0.15) is 5.10 Å². The molecule has 2 aromatic heterocycles. The van der Waals surface area contributed by atoms with Gasteiger partial charge in [-0.15, -0.1) is 0 Å². The van der Waals surface area contributed by atoms with E-state index in [2.05, 4.69) is 53.5 Å². The number of nitrogens with one attached hydrogen (secondary N) is 2. The summed E-state index contributed by atoms with van der Waals surface area (Å²) in [6.07, 6.45) is 13.1. The average Bonchev–Trinajstić information content (AvgIpc) is 3.59. The highest BCUT2D eigenvalue weighted by atomic mass is 16.2. The molecule has 0 saturated carbocycles. The number of anilines is 1. The van der Waals surface area contributed by atoms with Crippen LogP contribution in [-0.4, -0.2) is 74.4 Å². The molecule has 6 heterocycles. The van der Waals surface area contributed by atoms with Crippen molar-refractivity contribution in [1.82, 2.24) is 30.1 Å². The highest BCUT2D eigenvalue weighted by Crippen LogP contribution is 2.43. The summed E-state index contributed by atoms with van der Waals surface area (Å²) in [5.41, 5.74) is 14.5. The van der Waals surface area contributed by atoms with Crippen LogP contribution in [0.25, 0.3) is 5.65 Å². The molecule has 6 N–H and O–H groups in total. The molecule has 10 nitrogen and oxygen atoms in total. The molecule has 4 saturated heterocycles. The third kappa shape index (κ3) is 5.24. The van der Waals surface area contributed by atoms with Crippen LogP contribution in [0.5, 0.6) is 0 Å². The lowest BCUT2D eigenvalue weighted by molar-refractivity contribution is -0.142. The van der Waals surface area contributed by atoms with E-state index >= 15 is 0 Å². The maximum Gasteiger partial charge on any atom is 0.243 e. The fourth-order valence-electron chi connectivity index (χ4n) is 8.01. The Balaban J connectivity index is 1.25. The van der Waals surface area contributed by atoms with Crippen molar-refractivity contribution in [2.24, 2.45) is 11.5 Å². The number of aromatic nitrogens is 3. The van der Waals surface area contributed by atoms with Crippen LogP contribution in [0.1, 0.15) is 102 Å². The van der Waals surface area contributed by atoms with Gasteiger partial charge in [0.15, 0.2) is 5.65 Å². The van der Waals surface area contributed by atoms with Gasteiger partial charge in [-0.05, 0) is 78.6 Å². The summed E-state index contributed by atoms with van der Waals surface area (Å²) in [7, 11) is 0. The lowest BCUT2D eigenvalue weighted by Crippen LogP contribution is -2.64. The van der Waals surface area contributed by atoms with E-state index in [1.165, 1.54) is 0 Å². The zero-order chi connectivity index (χ0) is 28.1. The fraction of sp³-hybridized carbons (Fsp3) is 0.767. The van der Waals surface area contributed by atoms with Gasteiger partial charge in [0, 0.05) is 55.6 Å². The summed E-state index contributed by atoms with van der Waals surface area (Å²) in [5, 5.41) is 12.8. The predicted molar refractivity (Wildman–Crippen MR) is 158 cm³/mol. The van der Waals surface area contributed by atoms with Crippen LogP contribution in [0.4, 0.5) is 5.82 Å². The number of carbonyl (C=O) groups excluding carboxylic acids is 1. The standard InChI is InChI=1S/C30H49N9O/c1-20-18-39-26(33-27(20)37-15-9-23(32)19-37)17-24(35-39)25-8-4-7-14-38(25)28(40)29-10-5-6-11-30(36-29,13-12-29)34-22(3)16-21(2)31/h17-18,21-23,25,34,36H,4-16,19,31-32H2,1-3H3/t21?,22?,23-,25-,29?,30?/m0/s1. The minimum absolute atomic E-state index is 0.0219. The number of hydrogen-bond acceptors (Lipinski definition) is 8. The van der Waals surface area contributed by atoms with E-state index in [1.54, 1.807) is 0 Å². The molecule has 0 aliphatic carbocycles. The number of likely N-dealkylation sites (tertiary alicyclic amines) is 1. The van der Waals surface area contributed by atoms with E-state index < -0.39 is 5.54 Å². The molecular weight excluding hydrogens is 502 g/mol. The van der Waals surface area contributed by atoms with Gasteiger partial charge >= 0.3 is 0 Å². The zero-order valence-corrected chi connectivity index (χ0v) is 24.7. The van der Waals surface area contributed by atoms with Crippen molar-refractivity contribution in [3.8, 4) is 0 Å². The molecule has 2 aromatic rings. The summed E-state index contributed by atoms with van der Waals surface area (Å²) in [5.74, 6) is 1.26. The number of aryl methyl sites for hydroxylation is 1. The molecular formula is C30H49N9O. The molecule has 1 amide bonds. The second kappa shape index (κ2) is 10.9. The lowest BCUT2D eigenvalue weighted by Gasteiger charge is -2.42. The normalized spacial score (nSPS) is 32.4. The molecule has 220 valence electrons. The van der Waals surface area contributed by atoms with Crippen molar-refractivity contribution in [2.45, 2.75) is 127 Å². The number of hydrogen-bond donors (Lipinski definition) is 4. The SMILES string of the molecule is Cc1cn2nc([C@@H]3CCCCN3C(=O)C34CCCCC(NC(C)CC(C)N)(CC3)N4)cc2nc1N1CC[C@H](N)C1. The van der Waals surface area contributed by atoms with Crippen LogP contribution in [0.15, 0.2) is 12.3 Å². The van der Waals surface area contributed by atoms with Crippen LogP contribution in [0, 0.1) is 6.92 Å². The summed E-state index contributed by atoms with van der Waals surface area (Å²) in [6.45, 7) is 8.93. The Morgan fingerprint density at radius 3 is 2.75 bits per heavy atom. The first-order valence-corrected chi connectivity index (χ1v) is 15.7. The Kier molecular flexibility index (Phi) is 7.56. The highest BCUT2D eigenvalue weighted by Gasteiger charge is 2.55. The number of carbonyl (C=O) groups is 1. The van der Waals surface area contributed by atoms with Crippen molar-refractivity contribution in [3.05, 3.63) is 23.5 Å². The molecule has 40 heavy (non-hydrogen) atoms. The second-order valence-electron chi connectivity index (χ2n) is 13.4. The summed E-state index contributed by atoms with van der Waals surface area (Å²) in [6, 6.07) is 2.73. The average molecular weight is 552 g/mol. The van der Waals surface area contributed by atoms with E-state index in [-0.39, 0.29) is 29.7 Å². The van der Waals surface area contributed by atoms with Gasteiger partial charge in [0.05, 0.1) is 22.9 Å². The molecule has 6 atom stereocenters. The number of fused-ring (bicyclic) bond motifs is 3. The monoisotopic (exact) mass is 551 g/mol. The molecule has 4 aliphatic rings. The summed E-state index contributed by atoms with van der Waals surface area (Å²) >= 11 is 0. The molecule has 6 rings (SSSR count). The van der Waals surface area contributed by atoms with Crippen molar-refractivity contribution in [3.63, 3.8) is 0 Å². The van der Waals surface area contributed by atoms with E-state index in [9.17, 15) is 4.79 Å². The predicted octanol–water partition coefficient (Wildman–Crippen LogP) is 2.74. The number of rotatable bonds is 7. The van der Waals surface area contributed by atoms with Crippen LogP contribution in [0.3, 0.4) is 0 Å². The molecule has 2 bridgehead atoms. The molecule has 4 unspecified atom stereocenters. The van der Waals surface area contributed by atoms with Crippen LogP contribution in [0.2, 0.25) is 0 Å². The van der Waals surface area contributed by atoms with Crippen molar-refractivity contribution in [1.29, 1.82) is 0 Å². The molecule has 4 aliphatic heterocycles. The van der Waals surface area contributed by atoms with Crippen LogP contribution in [-0.2, 0) is 4.79 Å². The smallest absolute Gasteiger partial charge is 0.243 e. The molecule has 4 fully saturated rings. The van der Waals surface area contributed by atoms with Crippen molar-refractivity contribution >= 4 is 17.4 Å². The van der Waals surface area contributed by atoms with E-state index in [0.29, 0.717) is 6.04 Å². The quantitative estimate of drug-likeness (QED) is 0.413. The maximum absolute atomic E-state index is 14.6. The van der Waals surface area contributed by atoms with Crippen molar-refractivity contribution < 1.29 is 4.79 Å². The number of nitrogens with two attached hydrogens (primary N) is 2. The summed E-state index contributed by atoms with van der Waals surface area (Å²) in [4.78, 5) is 24.0. The third-order valence-electron chi connectivity index (χ3n) is 9.82. The minimum atomic E-state index is -0.511. The number of nitrogens with zero attached hydrogens (tertiary/aromatic N) is 5. The van der Waals surface area contributed by atoms with Crippen LogP contribution < -0.4 is 27.0 Å². The number of amides is 1. The molecule has 10 heteroatoms. The van der Waals surface area contributed by atoms with E-state index in [0.717, 1.165) is 113 Å². The zero-order valence-electron chi connectivity index (χ0n) is 24.7. The van der Waals surface area contributed by atoms with Gasteiger partial charge in [-0.1, -0.05) is 12.8 Å². The van der Waals surface area contributed by atoms with Gasteiger partial charge in [0.1, 0.15) is 5.82 Å². The Bertz CT molecular complexity index is 1230. The minimum Gasteiger partial charge on any atom is -0.355 e. The molecule has 0 aromatic carbocycles. The Morgan fingerprint density at radius 1 is 1.15 bits per heavy atom. The van der Waals surface area contributed by atoms with E-state index in [1.807, 2.05) is 4.52 Å². The fourth-order valence-corrected chi connectivity index (χ4v) is 8.01. The van der Waals surface area contributed by atoms with Gasteiger partial charge < -0.3 is 21.3 Å². The second-order valence-corrected chi connectivity index (χ2v) is 13.4. The molecule has 0 spiro atoms. The largest absolute Gasteiger partial charge is 0.355 e. The highest BCUT2D eigenvalue weighted by molar-refractivity contribution is 5.87. The Hall–Kier alpha value is -2.27. The van der Waals surface area contributed by atoms with Gasteiger partial charge in [-0.25, -0.2) is 9.50 Å². The Morgan fingerprint density at radius 2 is 1.98 bits per heavy atom. The first-order chi connectivity index (χ1) is 19.2. The van der Waals surface area contributed by atoms with Gasteiger partial charge in [0.2, 0.25) is 5.91 Å². The van der Waals surface area contributed by atoms with Gasteiger partial charge in [-0.3, -0.25) is 15.4 Å². The van der Waals surface area contributed by atoms with Gasteiger partial charge in [0.25, 0.3) is 0 Å². The third-order valence-corrected chi connectivity index (χ3v) is 9.82. The number of piperidine rings is 1. The summed E-state index contributed by atoms with van der Waals surface area (Å²) < 4.78 is 1.90. The van der Waals surface area contributed by atoms with Crippen LogP contribution >= 0.6 is 0 Å². The van der Waals surface area contributed by atoms with E-state index in [4.69, 9.17) is 21.5 Å². The Labute approximate surface area is 238 Å². The van der Waals surface area contributed by atoms with Crippen molar-refractivity contribution in [2.75, 3.05) is 24.5 Å². The first-order valence-electron chi connectivity index (χ1n) is 15.7. The lowest BCUT2D eigenvalue weighted by atomic mass is 9.85. The first kappa shape index (κ1) is 27.9. The molecule has 0 radical (unpaired) electrons. The topological polar surface area (TPSA) is 130 Å². The maximum atomic E-state index is 14.6.